The summed E-state index contributed by atoms with van der Waals surface area (Å²) in [6.07, 6.45) is 3.76. The number of carbonyl (C=O) groups is 4. The summed E-state index contributed by atoms with van der Waals surface area (Å²) in [7, 11) is 1.60. The van der Waals surface area contributed by atoms with Crippen LogP contribution >= 0.6 is 0 Å². The number of benzene rings is 1. The van der Waals surface area contributed by atoms with E-state index >= 15 is 0 Å². The molecule has 1 aliphatic rings. The first-order valence-electron chi connectivity index (χ1n) is 11.9. The predicted molar refractivity (Wildman–Crippen MR) is 133 cm³/mol. The van der Waals surface area contributed by atoms with Crippen molar-refractivity contribution in [2.45, 2.75) is 71.5 Å². The van der Waals surface area contributed by atoms with Gasteiger partial charge < -0.3 is 30.2 Å². The number of carboxylic acids is 1. The first-order chi connectivity index (χ1) is 16.5. The Bertz CT molecular complexity index is 935. The Labute approximate surface area is 206 Å². The van der Waals surface area contributed by atoms with Crippen molar-refractivity contribution in [3.05, 3.63) is 35.9 Å². The SMILES string of the molecule is CC/C=C(/NC(C(=O)N1CCCC1C(=O)NC(C=O)CC(=O)O)C(C)(C)C)c1ccc(OC)cc1. The molecule has 192 valence electrons. The molecule has 9 nitrogen and oxygen atoms in total. The molecular weight excluding hydrogens is 450 g/mol. The fraction of sp³-hybridized carbons (Fsp3) is 0.538. The van der Waals surface area contributed by atoms with Crippen LogP contribution in [0.25, 0.3) is 5.70 Å². The highest BCUT2D eigenvalue weighted by atomic mass is 16.5. The minimum Gasteiger partial charge on any atom is -0.497 e. The van der Waals surface area contributed by atoms with Crippen LogP contribution in [0.3, 0.4) is 0 Å². The largest absolute Gasteiger partial charge is 0.497 e. The highest BCUT2D eigenvalue weighted by Gasteiger charge is 2.41. The van der Waals surface area contributed by atoms with Crippen molar-refractivity contribution < 1.29 is 29.0 Å². The van der Waals surface area contributed by atoms with Gasteiger partial charge in [0, 0.05) is 12.2 Å². The molecule has 3 N–H and O–H groups in total. The number of methoxy groups -OCH3 is 1. The van der Waals surface area contributed by atoms with Gasteiger partial charge >= 0.3 is 5.97 Å². The minimum atomic E-state index is -1.19. The molecule has 0 spiro atoms. The highest BCUT2D eigenvalue weighted by molar-refractivity contribution is 5.93. The molecule has 0 saturated carbocycles. The van der Waals surface area contributed by atoms with E-state index in [9.17, 15) is 19.2 Å². The van der Waals surface area contributed by atoms with Crippen LogP contribution in [0.15, 0.2) is 30.3 Å². The van der Waals surface area contributed by atoms with Crippen LogP contribution < -0.4 is 15.4 Å². The second-order valence-electron chi connectivity index (χ2n) is 9.74. The van der Waals surface area contributed by atoms with Crippen molar-refractivity contribution in [1.29, 1.82) is 0 Å². The van der Waals surface area contributed by atoms with Gasteiger partial charge in [0.15, 0.2) is 0 Å². The number of ether oxygens (including phenoxy) is 1. The Kier molecular flexibility index (Phi) is 9.86. The van der Waals surface area contributed by atoms with Crippen molar-refractivity contribution >= 4 is 29.8 Å². The van der Waals surface area contributed by atoms with Crippen molar-refractivity contribution in [3.8, 4) is 5.75 Å². The smallest absolute Gasteiger partial charge is 0.305 e. The first kappa shape index (κ1) is 27.9. The van der Waals surface area contributed by atoms with Crippen molar-refractivity contribution in [2.24, 2.45) is 5.41 Å². The number of rotatable bonds is 11. The number of carbonyl (C=O) groups excluding carboxylic acids is 3. The number of hydrogen-bond donors (Lipinski definition) is 3. The molecule has 1 aromatic carbocycles. The molecule has 1 heterocycles. The van der Waals surface area contributed by atoms with E-state index in [-0.39, 0.29) is 5.91 Å². The maximum atomic E-state index is 13.8. The zero-order valence-electron chi connectivity index (χ0n) is 21.2. The van der Waals surface area contributed by atoms with E-state index in [4.69, 9.17) is 9.84 Å². The predicted octanol–water partition coefficient (Wildman–Crippen LogP) is 2.60. The molecular formula is C26H37N3O6. The van der Waals surface area contributed by atoms with Crippen LogP contribution in [0.5, 0.6) is 5.75 Å². The summed E-state index contributed by atoms with van der Waals surface area (Å²) in [5, 5.41) is 14.9. The lowest BCUT2D eigenvalue weighted by Crippen LogP contribution is -2.57. The molecule has 35 heavy (non-hydrogen) atoms. The molecule has 3 unspecified atom stereocenters. The number of amides is 2. The molecule has 0 bridgehead atoms. The van der Waals surface area contributed by atoms with Gasteiger partial charge in [0.25, 0.3) is 0 Å². The summed E-state index contributed by atoms with van der Waals surface area (Å²) in [6, 6.07) is 5.04. The molecule has 0 aliphatic carbocycles. The molecule has 3 atom stereocenters. The first-order valence-corrected chi connectivity index (χ1v) is 11.9. The molecule has 1 saturated heterocycles. The van der Waals surface area contributed by atoms with E-state index in [0.29, 0.717) is 25.7 Å². The second-order valence-corrected chi connectivity index (χ2v) is 9.74. The van der Waals surface area contributed by atoms with E-state index in [1.54, 1.807) is 12.0 Å². The Morgan fingerprint density at radius 3 is 2.37 bits per heavy atom. The quantitative estimate of drug-likeness (QED) is 0.410. The lowest BCUT2D eigenvalue weighted by molar-refractivity contribution is -0.143. The van der Waals surface area contributed by atoms with E-state index in [1.807, 2.05) is 58.0 Å². The average Bonchev–Trinajstić information content (AvgIpc) is 3.30. The number of carboxylic acid groups (broad SMARTS) is 1. The molecule has 1 aromatic rings. The topological polar surface area (TPSA) is 125 Å². The van der Waals surface area contributed by atoms with Crippen LogP contribution in [0.4, 0.5) is 0 Å². The van der Waals surface area contributed by atoms with Crippen molar-refractivity contribution in [3.63, 3.8) is 0 Å². The van der Waals surface area contributed by atoms with Crippen LogP contribution in [-0.4, -0.2) is 65.9 Å². The number of likely N-dealkylation sites (tertiary alicyclic amines) is 1. The van der Waals surface area contributed by atoms with Crippen molar-refractivity contribution in [1.82, 2.24) is 15.5 Å². The van der Waals surface area contributed by atoms with Gasteiger partial charge in [-0.3, -0.25) is 14.4 Å². The van der Waals surface area contributed by atoms with Gasteiger partial charge in [0.2, 0.25) is 11.8 Å². The normalized spacial score (nSPS) is 17.9. The third-order valence-electron chi connectivity index (χ3n) is 5.95. The van der Waals surface area contributed by atoms with Crippen LogP contribution in [0.1, 0.15) is 58.9 Å². The van der Waals surface area contributed by atoms with E-state index < -0.39 is 41.8 Å². The number of nitrogens with zero attached hydrogens (tertiary/aromatic N) is 1. The summed E-state index contributed by atoms with van der Waals surface area (Å²) in [6.45, 7) is 8.30. The van der Waals surface area contributed by atoms with Gasteiger partial charge in [-0.1, -0.05) is 33.8 Å². The van der Waals surface area contributed by atoms with Gasteiger partial charge in [-0.15, -0.1) is 0 Å². The third-order valence-corrected chi connectivity index (χ3v) is 5.95. The number of aliphatic carboxylic acids is 1. The molecule has 2 rings (SSSR count). The van der Waals surface area contributed by atoms with Gasteiger partial charge in [-0.25, -0.2) is 0 Å². The fourth-order valence-electron chi connectivity index (χ4n) is 4.11. The maximum absolute atomic E-state index is 13.8. The average molecular weight is 488 g/mol. The Balaban J connectivity index is 2.27. The molecule has 9 heteroatoms. The minimum absolute atomic E-state index is 0.216. The van der Waals surface area contributed by atoms with Gasteiger partial charge in [0.1, 0.15) is 24.1 Å². The van der Waals surface area contributed by atoms with Crippen LogP contribution in [0, 0.1) is 5.41 Å². The second kappa shape index (κ2) is 12.4. The summed E-state index contributed by atoms with van der Waals surface area (Å²) in [4.78, 5) is 50.4. The number of nitrogens with one attached hydrogen (secondary N) is 2. The summed E-state index contributed by atoms with van der Waals surface area (Å²) < 4.78 is 5.25. The Morgan fingerprint density at radius 1 is 1.20 bits per heavy atom. The molecule has 1 aliphatic heterocycles. The lowest BCUT2D eigenvalue weighted by Gasteiger charge is -2.36. The van der Waals surface area contributed by atoms with E-state index in [1.165, 1.54) is 0 Å². The van der Waals surface area contributed by atoms with E-state index in [2.05, 4.69) is 10.6 Å². The Hall–Kier alpha value is -3.36. The molecule has 0 radical (unpaired) electrons. The van der Waals surface area contributed by atoms with Crippen LogP contribution in [0.2, 0.25) is 0 Å². The van der Waals surface area contributed by atoms with Crippen LogP contribution in [-0.2, 0) is 19.2 Å². The maximum Gasteiger partial charge on any atom is 0.305 e. The monoisotopic (exact) mass is 487 g/mol. The van der Waals surface area contributed by atoms with E-state index in [0.717, 1.165) is 23.4 Å². The number of allylic oxidation sites excluding steroid dienone is 1. The zero-order chi connectivity index (χ0) is 26.2. The zero-order valence-corrected chi connectivity index (χ0v) is 21.2. The van der Waals surface area contributed by atoms with Gasteiger partial charge in [-0.2, -0.15) is 0 Å². The standard InChI is InChI=1S/C26H37N3O6/c1-6-8-20(17-10-12-19(35-5)13-11-17)28-23(26(2,3)4)25(34)29-14-7-9-21(29)24(33)27-18(16-30)15-22(31)32/h8,10-13,16,18,21,23,28H,6-7,9,14-15H2,1-5H3,(H,27,33)(H,31,32)/b20-8+. The van der Waals surface area contributed by atoms with Gasteiger partial charge in [0.05, 0.1) is 19.6 Å². The third kappa shape index (κ3) is 7.56. The number of aldehydes is 1. The van der Waals surface area contributed by atoms with Gasteiger partial charge in [-0.05, 0) is 54.5 Å². The molecule has 1 fully saturated rings. The Morgan fingerprint density at radius 2 is 1.86 bits per heavy atom. The summed E-state index contributed by atoms with van der Waals surface area (Å²) in [5.41, 5.74) is 1.24. The molecule has 2 amide bonds. The summed E-state index contributed by atoms with van der Waals surface area (Å²) >= 11 is 0. The fourth-order valence-corrected chi connectivity index (χ4v) is 4.11. The highest BCUT2D eigenvalue weighted by Crippen LogP contribution is 2.28. The van der Waals surface area contributed by atoms with Crippen molar-refractivity contribution in [2.75, 3.05) is 13.7 Å². The number of hydrogen-bond acceptors (Lipinski definition) is 6. The lowest BCUT2D eigenvalue weighted by atomic mass is 9.85. The molecule has 0 aromatic heterocycles. The summed E-state index contributed by atoms with van der Waals surface area (Å²) in [5.74, 6) is -1.18.